The van der Waals surface area contributed by atoms with Crippen molar-refractivity contribution in [2.24, 2.45) is 5.73 Å². The standard InChI is InChI=1S/C13H18N6S/c1-10-16-13(20-17-10)19-6-4-18(5-7-19)12-3-2-11(8-14)9-15-12/h2-3,9H,4-8,14H2,1H3. The molecule has 0 saturated carbocycles. The average molecular weight is 290 g/mol. The first kappa shape index (κ1) is 13.3. The van der Waals surface area contributed by atoms with E-state index >= 15 is 0 Å². The lowest BCUT2D eigenvalue weighted by Gasteiger charge is -2.35. The number of rotatable bonds is 3. The van der Waals surface area contributed by atoms with Crippen LogP contribution in [0, 0.1) is 6.92 Å². The maximum Gasteiger partial charge on any atom is 0.205 e. The summed E-state index contributed by atoms with van der Waals surface area (Å²) in [5.74, 6) is 1.88. The lowest BCUT2D eigenvalue weighted by Crippen LogP contribution is -2.46. The van der Waals surface area contributed by atoms with Gasteiger partial charge in [0.1, 0.15) is 11.6 Å². The van der Waals surface area contributed by atoms with Gasteiger partial charge in [-0.25, -0.2) is 9.97 Å². The largest absolute Gasteiger partial charge is 0.353 e. The van der Waals surface area contributed by atoms with Crippen molar-refractivity contribution in [3.8, 4) is 0 Å². The molecule has 20 heavy (non-hydrogen) atoms. The van der Waals surface area contributed by atoms with Gasteiger partial charge < -0.3 is 15.5 Å². The van der Waals surface area contributed by atoms with E-state index in [9.17, 15) is 0 Å². The number of nitrogens with two attached hydrogens (primary N) is 1. The number of hydrogen-bond acceptors (Lipinski definition) is 7. The van der Waals surface area contributed by atoms with Crippen LogP contribution in [-0.2, 0) is 6.54 Å². The molecular formula is C13H18N6S. The zero-order valence-corrected chi connectivity index (χ0v) is 12.3. The van der Waals surface area contributed by atoms with Crippen LogP contribution < -0.4 is 15.5 Å². The van der Waals surface area contributed by atoms with Crippen molar-refractivity contribution in [3.05, 3.63) is 29.7 Å². The van der Waals surface area contributed by atoms with Crippen LogP contribution >= 0.6 is 11.5 Å². The molecule has 0 radical (unpaired) electrons. The Kier molecular flexibility index (Phi) is 3.79. The summed E-state index contributed by atoms with van der Waals surface area (Å²) in [6.45, 7) is 6.28. The summed E-state index contributed by atoms with van der Waals surface area (Å²) in [4.78, 5) is 13.5. The van der Waals surface area contributed by atoms with Gasteiger partial charge in [0.25, 0.3) is 0 Å². The van der Waals surface area contributed by atoms with E-state index in [-0.39, 0.29) is 0 Å². The lowest BCUT2D eigenvalue weighted by atomic mass is 10.2. The molecule has 2 aromatic heterocycles. The van der Waals surface area contributed by atoms with Gasteiger partial charge >= 0.3 is 0 Å². The summed E-state index contributed by atoms with van der Waals surface area (Å²) in [6, 6.07) is 4.09. The Balaban J connectivity index is 1.63. The minimum atomic E-state index is 0.539. The molecule has 106 valence electrons. The summed E-state index contributed by atoms with van der Waals surface area (Å²) in [5.41, 5.74) is 6.66. The number of nitrogens with zero attached hydrogens (tertiary/aromatic N) is 5. The van der Waals surface area contributed by atoms with Crippen LogP contribution in [0.15, 0.2) is 18.3 Å². The quantitative estimate of drug-likeness (QED) is 0.910. The molecule has 6 nitrogen and oxygen atoms in total. The Labute approximate surface area is 122 Å². The van der Waals surface area contributed by atoms with E-state index in [2.05, 4.69) is 24.1 Å². The number of hydrogen-bond donors (Lipinski definition) is 1. The molecule has 0 atom stereocenters. The molecule has 1 fully saturated rings. The Hall–Kier alpha value is -1.73. The second kappa shape index (κ2) is 5.72. The fourth-order valence-corrected chi connectivity index (χ4v) is 2.99. The third-order valence-electron chi connectivity index (χ3n) is 3.44. The smallest absolute Gasteiger partial charge is 0.205 e. The minimum absolute atomic E-state index is 0.539. The fourth-order valence-electron chi connectivity index (χ4n) is 2.27. The molecule has 2 N–H and O–H groups in total. The highest BCUT2D eigenvalue weighted by Gasteiger charge is 2.20. The van der Waals surface area contributed by atoms with E-state index in [0.717, 1.165) is 48.5 Å². The summed E-state index contributed by atoms with van der Waals surface area (Å²) in [5, 5.41) is 1.02. The highest BCUT2D eigenvalue weighted by Crippen LogP contribution is 2.20. The third-order valence-corrected chi connectivity index (χ3v) is 4.30. The van der Waals surface area contributed by atoms with Crippen molar-refractivity contribution in [1.29, 1.82) is 0 Å². The summed E-state index contributed by atoms with van der Waals surface area (Å²) in [7, 11) is 0. The maximum atomic E-state index is 5.59. The molecule has 3 heterocycles. The van der Waals surface area contributed by atoms with Gasteiger partial charge in [0.15, 0.2) is 0 Å². The molecule has 7 heteroatoms. The normalized spacial score (nSPS) is 15.7. The summed E-state index contributed by atoms with van der Waals surface area (Å²) in [6.07, 6.45) is 1.86. The average Bonchev–Trinajstić information content (AvgIpc) is 2.94. The SMILES string of the molecule is Cc1nsc(N2CCN(c3ccc(CN)cn3)CC2)n1. The van der Waals surface area contributed by atoms with E-state index in [1.165, 1.54) is 11.5 Å². The Morgan fingerprint density at radius 2 is 1.95 bits per heavy atom. The van der Waals surface area contributed by atoms with Gasteiger partial charge in [-0.2, -0.15) is 4.37 Å². The topological polar surface area (TPSA) is 71.2 Å². The van der Waals surface area contributed by atoms with Gasteiger partial charge in [0.05, 0.1) is 0 Å². The Bertz CT molecular complexity index is 558. The second-order valence-electron chi connectivity index (χ2n) is 4.83. The highest BCUT2D eigenvalue weighted by atomic mass is 32.1. The van der Waals surface area contributed by atoms with E-state index in [1.54, 1.807) is 0 Å². The molecule has 0 aliphatic carbocycles. The Morgan fingerprint density at radius 1 is 1.20 bits per heavy atom. The number of piperazine rings is 1. The van der Waals surface area contributed by atoms with Gasteiger partial charge in [-0.15, -0.1) is 0 Å². The van der Waals surface area contributed by atoms with E-state index in [0.29, 0.717) is 6.54 Å². The number of aryl methyl sites for hydroxylation is 1. The zero-order valence-electron chi connectivity index (χ0n) is 11.5. The monoisotopic (exact) mass is 290 g/mol. The van der Waals surface area contributed by atoms with Crippen molar-refractivity contribution in [1.82, 2.24) is 14.3 Å². The van der Waals surface area contributed by atoms with E-state index in [1.807, 2.05) is 25.3 Å². The molecule has 3 rings (SSSR count). The minimum Gasteiger partial charge on any atom is -0.353 e. The van der Waals surface area contributed by atoms with Crippen LogP contribution in [0.3, 0.4) is 0 Å². The van der Waals surface area contributed by atoms with Crippen molar-refractivity contribution in [2.45, 2.75) is 13.5 Å². The van der Waals surface area contributed by atoms with Gasteiger partial charge in [-0.3, -0.25) is 0 Å². The first-order chi connectivity index (χ1) is 9.76. The van der Waals surface area contributed by atoms with Crippen LogP contribution in [0.5, 0.6) is 0 Å². The predicted octanol–water partition coefficient (Wildman–Crippen LogP) is 1.03. The molecule has 0 amide bonds. The van der Waals surface area contributed by atoms with Crippen LogP contribution in [0.4, 0.5) is 10.9 Å². The van der Waals surface area contributed by atoms with Crippen molar-refractivity contribution < 1.29 is 0 Å². The fraction of sp³-hybridized carbons (Fsp3) is 0.462. The van der Waals surface area contributed by atoms with Crippen LogP contribution in [-0.4, -0.2) is 40.5 Å². The molecule has 0 aromatic carbocycles. The molecule has 1 aliphatic rings. The Morgan fingerprint density at radius 3 is 2.50 bits per heavy atom. The first-order valence-electron chi connectivity index (χ1n) is 6.71. The molecule has 1 saturated heterocycles. The van der Waals surface area contributed by atoms with Crippen molar-refractivity contribution >= 4 is 22.5 Å². The molecule has 0 unspecified atom stereocenters. The van der Waals surface area contributed by atoms with Gasteiger partial charge in [-0.05, 0) is 18.6 Å². The second-order valence-corrected chi connectivity index (χ2v) is 5.56. The van der Waals surface area contributed by atoms with Crippen LogP contribution in [0.25, 0.3) is 0 Å². The van der Waals surface area contributed by atoms with Gasteiger partial charge in [0.2, 0.25) is 5.13 Å². The van der Waals surface area contributed by atoms with Crippen molar-refractivity contribution in [2.75, 3.05) is 36.0 Å². The first-order valence-corrected chi connectivity index (χ1v) is 7.49. The van der Waals surface area contributed by atoms with Gasteiger partial charge in [-0.1, -0.05) is 6.07 Å². The van der Waals surface area contributed by atoms with Crippen molar-refractivity contribution in [3.63, 3.8) is 0 Å². The summed E-state index contributed by atoms with van der Waals surface area (Å²) >= 11 is 1.47. The highest BCUT2D eigenvalue weighted by molar-refractivity contribution is 7.09. The molecule has 1 aliphatic heterocycles. The lowest BCUT2D eigenvalue weighted by molar-refractivity contribution is 0.645. The molecule has 2 aromatic rings. The van der Waals surface area contributed by atoms with E-state index < -0.39 is 0 Å². The predicted molar refractivity (Wildman–Crippen MR) is 81.2 cm³/mol. The van der Waals surface area contributed by atoms with Crippen LogP contribution in [0.1, 0.15) is 11.4 Å². The molecule has 0 spiro atoms. The number of pyridine rings is 1. The number of aromatic nitrogens is 3. The van der Waals surface area contributed by atoms with E-state index in [4.69, 9.17) is 5.73 Å². The third kappa shape index (κ3) is 2.73. The molecular weight excluding hydrogens is 272 g/mol. The summed E-state index contributed by atoms with van der Waals surface area (Å²) < 4.78 is 4.24. The van der Waals surface area contributed by atoms with Gasteiger partial charge in [0, 0.05) is 50.5 Å². The van der Waals surface area contributed by atoms with Crippen LogP contribution in [0.2, 0.25) is 0 Å². The molecule has 0 bridgehead atoms. The zero-order chi connectivity index (χ0) is 13.9. The maximum absolute atomic E-state index is 5.59. The number of anilines is 2.